The van der Waals surface area contributed by atoms with Crippen LogP contribution in [0.5, 0.6) is 5.75 Å². The van der Waals surface area contributed by atoms with Crippen molar-refractivity contribution in [3.05, 3.63) is 28.5 Å². The SMILES string of the molecule is NCC1(c2cc(F)cc(Cl)c2OCC2CC2)CC1. The second-order valence-electron chi connectivity index (χ2n) is 5.50. The van der Waals surface area contributed by atoms with E-state index < -0.39 is 0 Å². The third-order valence-corrected chi connectivity index (χ3v) is 4.27. The van der Waals surface area contributed by atoms with Gasteiger partial charge in [0, 0.05) is 17.5 Å². The van der Waals surface area contributed by atoms with Gasteiger partial charge in [0.2, 0.25) is 0 Å². The summed E-state index contributed by atoms with van der Waals surface area (Å²) in [5.41, 5.74) is 6.57. The molecule has 3 rings (SSSR count). The zero-order valence-electron chi connectivity index (χ0n) is 10.2. The average molecular weight is 270 g/mol. The highest BCUT2D eigenvalue weighted by Gasteiger charge is 2.45. The Bertz CT molecular complexity index is 469. The second-order valence-corrected chi connectivity index (χ2v) is 5.91. The quantitative estimate of drug-likeness (QED) is 0.890. The molecule has 0 bridgehead atoms. The Balaban J connectivity index is 1.93. The minimum absolute atomic E-state index is 0.107. The molecule has 98 valence electrons. The molecule has 0 amide bonds. The highest BCUT2D eigenvalue weighted by Crippen LogP contribution is 2.52. The zero-order valence-corrected chi connectivity index (χ0v) is 11.0. The van der Waals surface area contributed by atoms with Crippen LogP contribution < -0.4 is 10.5 Å². The van der Waals surface area contributed by atoms with Gasteiger partial charge in [0.05, 0.1) is 11.6 Å². The predicted octanol–water partition coefficient (Wildman–Crippen LogP) is 3.26. The van der Waals surface area contributed by atoms with Gasteiger partial charge in [0.25, 0.3) is 0 Å². The lowest BCUT2D eigenvalue weighted by atomic mass is 9.95. The number of nitrogens with two attached hydrogens (primary N) is 1. The van der Waals surface area contributed by atoms with Crippen molar-refractivity contribution in [2.75, 3.05) is 13.2 Å². The summed E-state index contributed by atoms with van der Waals surface area (Å²) in [5, 5.41) is 0.366. The maximum absolute atomic E-state index is 13.5. The first-order valence-electron chi connectivity index (χ1n) is 6.47. The van der Waals surface area contributed by atoms with Gasteiger partial charge >= 0.3 is 0 Å². The number of rotatable bonds is 5. The zero-order chi connectivity index (χ0) is 12.8. The molecular formula is C14H17ClFNO. The van der Waals surface area contributed by atoms with Gasteiger partial charge in [-0.05, 0) is 43.7 Å². The van der Waals surface area contributed by atoms with E-state index >= 15 is 0 Å². The number of hydrogen-bond acceptors (Lipinski definition) is 2. The molecule has 2 aliphatic rings. The van der Waals surface area contributed by atoms with E-state index in [4.69, 9.17) is 22.1 Å². The topological polar surface area (TPSA) is 35.2 Å². The maximum atomic E-state index is 13.5. The van der Waals surface area contributed by atoms with Gasteiger partial charge < -0.3 is 10.5 Å². The van der Waals surface area contributed by atoms with E-state index in [1.165, 1.54) is 25.0 Å². The van der Waals surface area contributed by atoms with Crippen LogP contribution in [-0.2, 0) is 5.41 Å². The molecule has 2 fully saturated rings. The molecule has 0 aliphatic heterocycles. The van der Waals surface area contributed by atoms with Gasteiger partial charge in [-0.3, -0.25) is 0 Å². The molecule has 1 aromatic rings. The Labute approximate surface area is 111 Å². The summed E-state index contributed by atoms with van der Waals surface area (Å²) in [7, 11) is 0. The molecule has 0 aromatic heterocycles. The molecule has 0 atom stereocenters. The smallest absolute Gasteiger partial charge is 0.141 e. The van der Waals surface area contributed by atoms with Crippen LogP contribution in [0.3, 0.4) is 0 Å². The molecule has 0 radical (unpaired) electrons. The first kappa shape index (κ1) is 12.2. The van der Waals surface area contributed by atoms with Crippen molar-refractivity contribution in [3.63, 3.8) is 0 Å². The fourth-order valence-corrected chi connectivity index (χ4v) is 2.58. The molecule has 0 spiro atoms. The molecule has 2 aliphatic carbocycles. The average Bonchev–Trinajstić information content (AvgIpc) is 3.22. The molecule has 0 saturated heterocycles. The van der Waals surface area contributed by atoms with Gasteiger partial charge in [-0.2, -0.15) is 0 Å². The minimum atomic E-state index is -0.312. The number of ether oxygens (including phenoxy) is 1. The lowest BCUT2D eigenvalue weighted by Gasteiger charge is -2.19. The Morgan fingerprint density at radius 3 is 2.67 bits per heavy atom. The van der Waals surface area contributed by atoms with Gasteiger partial charge in [-0.1, -0.05) is 11.6 Å². The number of halogens is 2. The van der Waals surface area contributed by atoms with Crippen molar-refractivity contribution in [2.45, 2.75) is 31.1 Å². The Morgan fingerprint density at radius 2 is 2.11 bits per heavy atom. The molecule has 2 saturated carbocycles. The normalized spacial score (nSPS) is 20.8. The van der Waals surface area contributed by atoms with E-state index in [1.807, 2.05) is 0 Å². The Morgan fingerprint density at radius 1 is 1.39 bits per heavy atom. The summed E-state index contributed by atoms with van der Waals surface area (Å²) in [6.45, 7) is 1.20. The lowest BCUT2D eigenvalue weighted by Crippen LogP contribution is -2.21. The van der Waals surface area contributed by atoms with Gasteiger partial charge in [-0.25, -0.2) is 4.39 Å². The highest BCUT2D eigenvalue weighted by atomic mass is 35.5. The molecular weight excluding hydrogens is 253 g/mol. The van der Waals surface area contributed by atoms with Crippen molar-refractivity contribution in [3.8, 4) is 5.75 Å². The van der Waals surface area contributed by atoms with Crippen molar-refractivity contribution >= 4 is 11.6 Å². The third-order valence-electron chi connectivity index (χ3n) is 3.98. The number of hydrogen-bond donors (Lipinski definition) is 1. The van der Waals surface area contributed by atoms with E-state index in [1.54, 1.807) is 0 Å². The van der Waals surface area contributed by atoms with Crippen LogP contribution in [0, 0.1) is 11.7 Å². The summed E-state index contributed by atoms with van der Waals surface area (Å²) >= 11 is 6.12. The van der Waals surface area contributed by atoms with Crippen LogP contribution in [0.4, 0.5) is 4.39 Å². The Hall–Kier alpha value is -0.800. The van der Waals surface area contributed by atoms with Crippen molar-refractivity contribution in [1.29, 1.82) is 0 Å². The van der Waals surface area contributed by atoms with Gasteiger partial charge in [-0.15, -0.1) is 0 Å². The second kappa shape index (κ2) is 4.39. The predicted molar refractivity (Wildman–Crippen MR) is 69.6 cm³/mol. The summed E-state index contributed by atoms with van der Waals surface area (Å²) in [6, 6.07) is 2.86. The fraction of sp³-hybridized carbons (Fsp3) is 0.571. The summed E-state index contributed by atoms with van der Waals surface area (Å²) in [4.78, 5) is 0. The molecule has 0 unspecified atom stereocenters. The minimum Gasteiger partial charge on any atom is -0.491 e. The molecule has 0 heterocycles. The largest absolute Gasteiger partial charge is 0.491 e. The van der Waals surface area contributed by atoms with E-state index in [0.29, 0.717) is 29.8 Å². The van der Waals surface area contributed by atoms with Crippen molar-refractivity contribution in [2.24, 2.45) is 11.7 Å². The van der Waals surface area contributed by atoms with Gasteiger partial charge in [0.1, 0.15) is 11.6 Å². The standard InChI is InChI=1S/C14H17ClFNO/c15-12-6-10(16)5-11(14(8-17)3-4-14)13(12)18-7-9-1-2-9/h5-6,9H,1-4,7-8,17H2. The first-order valence-corrected chi connectivity index (χ1v) is 6.85. The van der Waals surface area contributed by atoms with E-state index in [-0.39, 0.29) is 11.2 Å². The fourth-order valence-electron chi connectivity index (χ4n) is 2.32. The summed E-state index contributed by atoms with van der Waals surface area (Å²) in [6.07, 6.45) is 4.42. The van der Waals surface area contributed by atoms with Crippen LogP contribution in [0.15, 0.2) is 12.1 Å². The van der Waals surface area contributed by atoms with Crippen molar-refractivity contribution in [1.82, 2.24) is 0 Å². The van der Waals surface area contributed by atoms with E-state index in [2.05, 4.69) is 0 Å². The van der Waals surface area contributed by atoms with Crippen LogP contribution in [0.25, 0.3) is 0 Å². The molecule has 2 N–H and O–H groups in total. The molecule has 18 heavy (non-hydrogen) atoms. The molecule has 2 nitrogen and oxygen atoms in total. The van der Waals surface area contributed by atoms with Crippen LogP contribution in [0.2, 0.25) is 5.02 Å². The van der Waals surface area contributed by atoms with Crippen LogP contribution in [0.1, 0.15) is 31.2 Å². The Kier molecular flexibility index (Phi) is 2.99. The van der Waals surface area contributed by atoms with Crippen molar-refractivity contribution < 1.29 is 9.13 Å². The number of benzene rings is 1. The summed E-state index contributed by atoms with van der Waals surface area (Å²) < 4.78 is 19.4. The third kappa shape index (κ3) is 2.21. The van der Waals surface area contributed by atoms with Crippen LogP contribution >= 0.6 is 11.6 Å². The first-order chi connectivity index (χ1) is 8.64. The lowest BCUT2D eigenvalue weighted by molar-refractivity contribution is 0.294. The van der Waals surface area contributed by atoms with E-state index in [9.17, 15) is 4.39 Å². The highest BCUT2D eigenvalue weighted by molar-refractivity contribution is 6.32. The maximum Gasteiger partial charge on any atom is 0.141 e. The summed E-state index contributed by atoms with van der Waals surface area (Å²) in [5.74, 6) is 0.980. The molecule has 4 heteroatoms. The molecule has 1 aromatic carbocycles. The van der Waals surface area contributed by atoms with Crippen LogP contribution in [-0.4, -0.2) is 13.2 Å². The monoisotopic (exact) mass is 269 g/mol. The van der Waals surface area contributed by atoms with E-state index in [0.717, 1.165) is 18.4 Å². The van der Waals surface area contributed by atoms with Gasteiger partial charge in [0.15, 0.2) is 0 Å².